The van der Waals surface area contributed by atoms with Crippen LogP contribution in [0.4, 0.5) is 0 Å². The van der Waals surface area contributed by atoms with Gasteiger partial charge >= 0.3 is 0 Å². The van der Waals surface area contributed by atoms with Gasteiger partial charge < -0.3 is 24.3 Å². The highest BCUT2D eigenvalue weighted by Gasteiger charge is 2.20. The Morgan fingerprint density at radius 3 is 2.77 bits per heavy atom. The molecule has 1 heterocycles. The molecule has 1 N–H and O–H groups in total. The number of rotatable bonds is 6. The minimum Gasteiger partial charge on any atom is -0.497 e. The Morgan fingerprint density at radius 2 is 2.00 bits per heavy atom. The predicted octanol–water partition coefficient (Wildman–Crippen LogP) is 2.67. The molecule has 1 atom stereocenters. The highest BCUT2D eigenvalue weighted by atomic mass is 16.6. The number of ether oxygens (including phenoxy) is 4. The first-order valence-corrected chi connectivity index (χ1v) is 8.26. The average molecular weight is 355 g/mol. The zero-order valence-electron chi connectivity index (χ0n) is 14.7. The van der Waals surface area contributed by atoms with Gasteiger partial charge in [0.15, 0.2) is 11.5 Å². The zero-order chi connectivity index (χ0) is 18.4. The van der Waals surface area contributed by atoms with Crippen molar-refractivity contribution >= 4 is 12.0 Å². The fourth-order valence-electron chi connectivity index (χ4n) is 2.56. The summed E-state index contributed by atoms with van der Waals surface area (Å²) in [6.45, 7) is 0.755. The maximum Gasteiger partial charge on any atom is 0.244 e. The number of hydrogen-bond acceptors (Lipinski definition) is 5. The second kappa shape index (κ2) is 8.29. The summed E-state index contributed by atoms with van der Waals surface area (Å²) in [5, 5.41) is 2.82. The van der Waals surface area contributed by atoms with Crippen LogP contribution in [-0.4, -0.2) is 39.4 Å². The molecule has 2 aromatic rings. The van der Waals surface area contributed by atoms with Crippen LogP contribution in [0.1, 0.15) is 5.56 Å². The Morgan fingerprint density at radius 1 is 1.19 bits per heavy atom. The highest BCUT2D eigenvalue weighted by Crippen LogP contribution is 2.30. The van der Waals surface area contributed by atoms with E-state index in [-0.39, 0.29) is 12.0 Å². The highest BCUT2D eigenvalue weighted by molar-refractivity contribution is 5.92. The molecule has 0 bridgehead atoms. The Labute approximate surface area is 152 Å². The van der Waals surface area contributed by atoms with E-state index >= 15 is 0 Å². The van der Waals surface area contributed by atoms with E-state index in [2.05, 4.69) is 5.32 Å². The molecular weight excluding hydrogens is 334 g/mol. The van der Waals surface area contributed by atoms with Gasteiger partial charge in [0.25, 0.3) is 0 Å². The van der Waals surface area contributed by atoms with Crippen LogP contribution < -0.4 is 24.3 Å². The van der Waals surface area contributed by atoms with Crippen LogP contribution >= 0.6 is 0 Å². The fraction of sp³-hybridized carbons (Fsp3) is 0.250. The summed E-state index contributed by atoms with van der Waals surface area (Å²) in [6.07, 6.45) is 2.93. The summed E-state index contributed by atoms with van der Waals surface area (Å²) >= 11 is 0. The molecule has 1 aliphatic rings. The van der Waals surface area contributed by atoms with Crippen LogP contribution in [-0.2, 0) is 4.79 Å². The summed E-state index contributed by atoms with van der Waals surface area (Å²) in [5.74, 6) is 2.52. The lowest BCUT2D eigenvalue weighted by atomic mass is 10.1. The molecule has 26 heavy (non-hydrogen) atoms. The van der Waals surface area contributed by atoms with Crippen molar-refractivity contribution in [3.63, 3.8) is 0 Å². The number of fused-ring (bicyclic) bond motifs is 1. The van der Waals surface area contributed by atoms with Gasteiger partial charge in [0.05, 0.1) is 20.8 Å². The number of methoxy groups -OCH3 is 2. The first-order chi connectivity index (χ1) is 12.7. The number of amides is 1. The summed E-state index contributed by atoms with van der Waals surface area (Å²) in [7, 11) is 3.16. The third-order valence-corrected chi connectivity index (χ3v) is 3.93. The minimum atomic E-state index is -0.224. The lowest BCUT2D eigenvalue weighted by Crippen LogP contribution is -2.40. The second-order valence-corrected chi connectivity index (χ2v) is 5.68. The third-order valence-electron chi connectivity index (χ3n) is 3.93. The Hall–Kier alpha value is -3.15. The average Bonchev–Trinajstić information content (AvgIpc) is 2.70. The van der Waals surface area contributed by atoms with E-state index in [9.17, 15) is 4.79 Å². The molecule has 0 saturated heterocycles. The van der Waals surface area contributed by atoms with Crippen molar-refractivity contribution in [1.82, 2.24) is 5.32 Å². The van der Waals surface area contributed by atoms with E-state index in [1.807, 2.05) is 36.4 Å². The molecule has 6 heteroatoms. The lowest BCUT2D eigenvalue weighted by molar-refractivity contribution is -0.116. The summed E-state index contributed by atoms with van der Waals surface area (Å²) in [5.41, 5.74) is 0.787. The van der Waals surface area contributed by atoms with Crippen LogP contribution in [0, 0.1) is 0 Å². The topological polar surface area (TPSA) is 66.0 Å². The van der Waals surface area contributed by atoms with Gasteiger partial charge in [0, 0.05) is 17.7 Å². The van der Waals surface area contributed by atoms with Gasteiger partial charge in [0.2, 0.25) is 5.91 Å². The SMILES string of the molecule is COc1ccc(/C=C/C(=O)NCC2COc3ccccc3O2)c(OC)c1. The molecule has 1 amide bonds. The van der Waals surface area contributed by atoms with E-state index in [4.69, 9.17) is 18.9 Å². The molecule has 1 aliphatic heterocycles. The number of para-hydroxylation sites is 2. The van der Waals surface area contributed by atoms with Crippen LogP contribution in [0.2, 0.25) is 0 Å². The van der Waals surface area contributed by atoms with Crippen LogP contribution in [0.25, 0.3) is 6.08 Å². The summed E-state index contributed by atoms with van der Waals surface area (Å²) in [6, 6.07) is 12.9. The fourth-order valence-corrected chi connectivity index (χ4v) is 2.56. The van der Waals surface area contributed by atoms with Crippen LogP contribution in [0.3, 0.4) is 0 Å². The van der Waals surface area contributed by atoms with Crippen molar-refractivity contribution in [1.29, 1.82) is 0 Å². The molecule has 0 radical (unpaired) electrons. The summed E-state index contributed by atoms with van der Waals surface area (Å²) in [4.78, 5) is 12.1. The first kappa shape index (κ1) is 17.7. The van der Waals surface area contributed by atoms with Gasteiger partial charge in [-0.2, -0.15) is 0 Å². The first-order valence-electron chi connectivity index (χ1n) is 8.26. The molecule has 0 fully saturated rings. The van der Waals surface area contributed by atoms with Crippen molar-refractivity contribution < 1.29 is 23.7 Å². The number of hydrogen-bond donors (Lipinski definition) is 1. The molecule has 0 aromatic heterocycles. The van der Waals surface area contributed by atoms with E-state index in [0.29, 0.717) is 30.4 Å². The van der Waals surface area contributed by atoms with Crippen LogP contribution in [0.5, 0.6) is 23.0 Å². The monoisotopic (exact) mass is 355 g/mol. The van der Waals surface area contributed by atoms with Crippen molar-refractivity contribution in [3.8, 4) is 23.0 Å². The van der Waals surface area contributed by atoms with Gasteiger partial charge in [-0.15, -0.1) is 0 Å². The Bertz CT molecular complexity index is 803. The quantitative estimate of drug-likeness (QED) is 0.807. The maximum atomic E-state index is 12.1. The van der Waals surface area contributed by atoms with Gasteiger partial charge in [-0.3, -0.25) is 4.79 Å². The Kier molecular flexibility index (Phi) is 5.63. The van der Waals surface area contributed by atoms with Gasteiger partial charge in [-0.05, 0) is 30.3 Å². The van der Waals surface area contributed by atoms with Gasteiger partial charge in [-0.25, -0.2) is 0 Å². The number of nitrogens with one attached hydrogen (secondary N) is 1. The number of benzene rings is 2. The molecule has 6 nitrogen and oxygen atoms in total. The second-order valence-electron chi connectivity index (χ2n) is 5.68. The lowest BCUT2D eigenvalue weighted by Gasteiger charge is -2.26. The minimum absolute atomic E-state index is 0.217. The largest absolute Gasteiger partial charge is 0.497 e. The van der Waals surface area contributed by atoms with Gasteiger partial charge in [0.1, 0.15) is 24.2 Å². The molecule has 0 spiro atoms. The molecule has 0 saturated carbocycles. The normalized spacial score (nSPS) is 15.5. The molecule has 1 unspecified atom stereocenters. The molecular formula is C20H21NO5. The zero-order valence-corrected chi connectivity index (χ0v) is 14.7. The van der Waals surface area contributed by atoms with Gasteiger partial charge in [-0.1, -0.05) is 12.1 Å². The van der Waals surface area contributed by atoms with Crippen molar-refractivity contribution in [2.75, 3.05) is 27.4 Å². The molecule has 3 rings (SSSR count). The number of carbonyl (C=O) groups is 1. The van der Waals surface area contributed by atoms with Crippen molar-refractivity contribution in [2.24, 2.45) is 0 Å². The van der Waals surface area contributed by atoms with Crippen LogP contribution in [0.15, 0.2) is 48.5 Å². The number of carbonyl (C=O) groups excluding carboxylic acids is 1. The van der Waals surface area contributed by atoms with Crippen molar-refractivity contribution in [2.45, 2.75) is 6.10 Å². The molecule has 0 aliphatic carbocycles. The smallest absolute Gasteiger partial charge is 0.244 e. The standard InChI is InChI=1S/C20H21NO5/c1-23-15-9-7-14(19(11-15)24-2)8-10-20(22)21-12-16-13-25-17-5-3-4-6-18(17)26-16/h3-11,16H,12-13H2,1-2H3,(H,21,22)/b10-8+. The van der Waals surface area contributed by atoms with E-state index in [1.165, 1.54) is 6.08 Å². The van der Waals surface area contributed by atoms with E-state index in [1.54, 1.807) is 26.4 Å². The Balaban J connectivity index is 1.54. The molecule has 2 aromatic carbocycles. The maximum absolute atomic E-state index is 12.1. The molecule has 136 valence electrons. The van der Waals surface area contributed by atoms with E-state index < -0.39 is 0 Å². The van der Waals surface area contributed by atoms with E-state index in [0.717, 1.165) is 11.3 Å². The summed E-state index contributed by atoms with van der Waals surface area (Å²) < 4.78 is 21.9. The predicted molar refractivity (Wildman–Crippen MR) is 97.9 cm³/mol. The van der Waals surface area contributed by atoms with Crippen molar-refractivity contribution in [3.05, 3.63) is 54.1 Å². The third kappa shape index (κ3) is 4.27.